The Bertz CT molecular complexity index is 1050. The van der Waals surface area contributed by atoms with Crippen LogP contribution in [0.15, 0.2) is 72.3 Å². The fourth-order valence-corrected chi connectivity index (χ4v) is 3.30. The average molecular weight is 389 g/mol. The van der Waals surface area contributed by atoms with E-state index in [-0.39, 0.29) is 5.57 Å². The van der Waals surface area contributed by atoms with Crippen LogP contribution in [0.25, 0.3) is 16.8 Å². The molecule has 0 heterocycles. The summed E-state index contributed by atoms with van der Waals surface area (Å²) in [4.78, 5) is 26.1. The van der Waals surface area contributed by atoms with Crippen LogP contribution in [0.5, 0.6) is 0 Å². The number of fused-ring (bicyclic) bond motifs is 1. The minimum atomic E-state index is -0.733. The molecule has 0 saturated carbocycles. The number of methoxy groups -OCH3 is 2. The Hall–Kier alpha value is -3.60. The number of nitrogens with zero attached hydrogens (tertiary/aromatic N) is 1. The smallest absolute Gasteiger partial charge is 0.345 e. The highest BCUT2D eigenvalue weighted by Gasteiger charge is 2.20. The molecule has 0 aliphatic rings. The lowest BCUT2D eigenvalue weighted by Crippen LogP contribution is -2.19. The fourth-order valence-electron chi connectivity index (χ4n) is 3.30. The Morgan fingerprint density at radius 2 is 1.48 bits per heavy atom. The summed E-state index contributed by atoms with van der Waals surface area (Å²) in [5.74, 6) is -1.47. The monoisotopic (exact) mass is 389 g/mol. The van der Waals surface area contributed by atoms with E-state index in [0.717, 1.165) is 11.3 Å². The van der Waals surface area contributed by atoms with E-state index < -0.39 is 11.9 Å². The molecule has 0 radical (unpaired) electrons. The van der Waals surface area contributed by atoms with Gasteiger partial charge in [-0.3, -0.25) is 0 Å². The number of benzene rings is 3. The number of anilines is 1. The summed E-state index contributed by atoms with van der Waals surface area (Å²) < 4.78 is 9.46. The van der Waals surface area contributed by atoms with Crippen LogP contribution in [-0.2, 0) is 25.6 Å². The van der Waals surface area contributed by atoms with Gasteiger partial charge in [-0.2, -0.15) is 0 Å². The van der Waals surface area contributed by atoms with Gasteiger partial charge >= 0.3 is 11.9 Å². The predicted molar refractivity (Wildman–Crippen MR) is 115 cm³/mol. The summed E-state index contributed by atoms with van der Waals surface area (Å²) in [5, 5.41) is 2.38. The minimum Gasteiger partial charge on any atom is -0.465 e. The van der Waals surface area contributed by atoms with Crippen molar-refractivity contribution in [3.63, 3.8) is 0 Å². The minimum absolute atomic E-state index is 0.152. The van der Waals surface area contributed by atoms with Crippen molar-refractivity contribution >= 4 is 34.5 Å². The van der Waals surface area contributed by atoms with Gasteiger partial charge in [0.05, 0.1) is 14.2 Å². The van der Waals surface area contributed by atoms with Gasteiger partial charge in [0, 0.05) is 19.3 Å². The normalized spacial score (nSPS) is 10.3. The van der Waals surface area contributed by atoms with Gasteiger partial charge in [0.25, 0.3) is 0 Å². The van der Waals surface area contributed by atoms with Gasteiger partial charge in [-0.25, -0.2) is 9.59 Å². The molecule has 0 N–H and O–H groups in total. The Kier molecular flexibility index (Phi) is 6.29. The molecule has 0 atom stereocenters. The van der Waals surface area contributed by atoms with Crippen molar-refractivity contribution in [2.24, 2.45) is 0 Å². The lowest BCUT2D eigenvalue weighted by Gasteiger charge is -2.22. The third kappa shape index (κ3) is 4.46. The number of hydrogen-bond acceptors (Lipinski definition) is 5. The topological polar surface area (TPSA) is 55.8 Å². The molecular weight excluding hydrogens is 366 g/mol. The van der Waals surface area contributed by atoms with Gasteiger partial charge in [0.2, 0.25) is 0 Å². The third-order valence-corrected chi connectivity index (χ3v) is 4.75. The molecule has 3 aromatic rings. The molecule has 0 unspecified atom stereocenters. The molecule has 0 amide bonds. The van der Waals surface area contributed by atoms with E-state index in [1.807, 2.05) is 49.5 Å². The van der Waals surface area contributed by atoms with E-state index in [4.69, 9.17) is 9.47 Å². The van der Waals surface area contributed by atoms with E-state index in [9.17, 15) is 9.59 Å². The van der Waals surface area contributed by atoms with Gasteiger partial charge in [0.15, 0.2) is 0 Å². The molecule has 3 rings (SSSR count). The van der Waals surface area contributed by atoms with E-state index >= 15 is 0 Å². The van der Waals surface area contributed by atoms with Crippen molar-refractivity contribution in [1.29, 1.82) is 0 Å². The number of para-hydroxylation sites is 1. The second-order valence-corrected chi connectivity index (χ2v) is 6.59. The van der Waals surface area contributed by atoms with E-state index in [0.29, 0.717) is 6.54 Å². The number of esters is 2. The first-order chi connectivity index (χ1) is 14.0. The number of ether oxygens (including phenoxy) is 2. The molecule has 0 aliphatic carbocycles. The lowest BCUT2D eigenvalue weighted by atomic mass is 10.0. The quantitative estimate of drug-likeness (QED) is 0.274. The van der Waals surface area contributed by atoms with E-state index in [1.165, 1.54) is 36.6 Å². The predicted octanol–water partition coefficient (Wildman–Crippen LogP) is 4.21. The maximum absolute atomic E-state index is 12.0. The van der Waals surface area contributed by atoms with E-state index in [1.54, 1.807) is 0 Å². The molecule has 5 nitrogen and oxygen atoms in total. The molecular formula is C24H23NO4. The van der Waals surface area contributed by atoms with Crippen LogP contribution in [0, 0.1) is 0 Å². The van der Waals surface area contributed by atoms with Gasteiger partial charge in [-0.1, -0.05) is 60.7 Å². The first kappa shape index (κ1) is 20.1. The maximum Gasteiger partial charge on any atom is 0.345 e. The molecule has 148 valence electrons. The van der Waals surface area contributed by atoms with Crippen molar-refractivity contribution < 1.29 is 19.1 Å². The van der Waals surface area contributed by atoms with Crippen molar-refractivity contribution in [2.45, 2.75) is 6.54 Å². The Morgan fingerprint density at radius 1 is 0.862 bits per heavy atom. The fraction of sp³-hybridized carbons (Fsp3) is 0.167. The molecule has 0 saturated heterocycles. The van der Waals surface area contributed by atoms with Crippen molar-refractivity contribution in [3.05, 3.63) is 83.4 Å². The summed E-state index contributed by atoms with van der Waals surface area (Å²) >= 11 is 0. The van der Waals surface area contributed by atoms with Crippen molar-refractivity contribution in [1.82, 2.24) is 0 Å². The van der Waals surface area contributed by atoms with Crippen LogP contribution in [0.2, 0.25) is 0 Å². The third-order valence-electron chi connectivity index (χ3n) is 4.75. The van der Waals surface area contributed by atoms with Crippen LogP contribution < -0.4 is 4.90 Å². The maximum atomic E-state index is 12.0. The number of hydrogen-bond donors (Lipinski definition) is 0. The Labute approximate surface area is 170 Å². The molecule has 0 bridgehead atoms. The molecule has 0 aliphatic heterocycles. The van der Waals surface area contributed by atoms with Crippen LogP contribution in [0.3, 0.4) is 0 Å². The van der Waals surface area contributed by atoms with Crippen LogP contribution in [0.4, 0.5) is 5.69 Å². The van der Waals surface area contributed by atoms with Gasteiger partial charge in [-0.05, 0) is 34.0 Å². The summed E-state index contributed by atoms with van der Waals surface area (Å²) in [6.07, 6.45) is 1.51. The summed E-state index contributed by atoms with van der Waals surface area (Å²) in [6, 6.07) is 22.1. The first-order valence-electron chi connectivity index (χ1n) is 9.20. The molecule has 3 aromatic carbocycles. The lowest BCUT2D eigenvalue weighted by molar-refractivity contribution is -0.143. The molecule has 0 fully saturated rings. The number of rotatable bonds is 6. The van der Waals surface area contributed by atoms with Crippen LogP contribution in [-0.4, -0.2) is 33.2 Å². The van der Waals surface area contributed by atoms with Crippen LogP contribution in [0.1, 0.15) is 11.1 Å². The van der Waals surface area contributed by atoms with E-state index in [2.05, 4.69) is 29.2 Å². The van der Waals surface area contributed by atoms with Gasteiger partial charge in [0.1, 0.15) is 5.57 Å². The number of carbonyl (C=O) groups is 2. The zero-order chi connectivity index (χ0) is 20.8. The standard InChI is InChI=1S/C24H23NO4/c1-25(16-19-12-8-11-17-9-4-6-13-20(17)19)22-14-7-5-10-18(22)15-21(23(26)28-2)24(27)29-3/h4-15H,16H2,1-3H3. The summed E-state index contributed by atoms with van der Waals surface area (Å²) in [5.41, 5.74) is 2.64. The zero-order valence-corrected chi connectivity index (χ0v) is 16.7. The Balaban J connectivity index is 1.98. The molecule has 29 heavy (non-hydrogen) atoms. The van der Waals surface area contributed by atoms with Crippen molar-refractivity contribution in [3.8, 4) is 0 Å². The Morgan fingerprint density at radius 3 is 2.21 bits per heavy atom. The van der Waals surface area contributed by atoms with Crippen LogP contribution >= 0.6 is 0 Å². The summed E-state index contributed by atoms with van der Waals surface area (Å²) in [7, 11) is 4.44. The highest BCUT2D eigenvalue weighted by Crippen LogP contribution is 2.26. The summed E-state index contributed by atoms with van der Waals surface area (Å²) in [6.45, 7) is 0.665. The molecule has 0 spiro atoms. The highest BCUT2D eigenvalue weighted by atomic mass is 16.5. The second-order valence-electron chi connectivity index (χ2n) is 6.59. The molecule has 5 heteroatoms. The van der Waals surface area contributed by atoms with Crippen molar-refractivity contribution in [2.75, 3.05) is 26.2 Å². The molecule has 0 aromatic heterocycles. The zero-order valence-electron chi connectivity index (χ0n) is 16.7. The van der Waals surface area contributed by atoms with Gasteiger partial charge < -0.3 is 14.4 Å². The number of carbonyl (C=O) groups excluding carboxylic acids is 2. The second kappa shape index (κ2) is 9.06. The highest BCUT2D eigenvalue weighted by molar-refractivity contribution is 6.18. The SMILES string of the molecule is COC(=O)C(=Cc1ccccc1N(C)Cc1cccc2ccccc12)C(=O)OC. The largest absolute Gasteiger partial charge is 0.465 e. The van der Waals surface area contributed by atoms with Gasteiger partial charge in [-0.15, -0.1) is 0 Å². The average Bonchev–Trinajstić information content (AvgIpc) is 2.77. The first-order valence-corrected chi connectivity index (χ1v) is 9.20.